The highest BCUT2D eigenvalue weighted by Crippen LogP contribution is 2.62. The van der Waals surface area contributed by atoms with E-state index in [1.165, 1.54) is 92.5 Å². The van der Waals surface area contributed by atoms with Crippen LogP contribution in [0.3, 0.4) is 0 Å². The molecule has 3 aliphatic heterocycles. The van der Waals surface area contributed by atoms with Crippen molar-refractivity contribution >= 4 is 61.1 Å². The summed E-state index contributed by atoms with van der Waals surface area (Å²) in [7, 11) is 0. The molecule has 0 amide bonds. The largest absolute Gasteiger partial charge is 0.316 e. The van der Waals surface area contributed by atoms with Crippen molar-refractivity contribution < 1.29 is 0 Å². The third kappa shape index (κ3) is 4.03. The number of nitrogens with zero attached hydrogens (tertiary/aromatic N) is 3. The molecule has 0 bridgehead atoms. The first kappa shape index (κ1) is 32.5. The van der Waals surface area contributed by atoms with E-state index in [-0.39, 0.29) is 12.1 Å². The van der Waals surface area contributed by atoms with Gasteiger partial charge in [0.05, 0.1) is 38.9 Å². The number of hydrogen-bond donors (Lipinski definition) is 0. The van der Waals surface area contributed by atoms with Gasteiger partial charge in [-0.05, 0) is 58.5 Å². The Kier molecular flexibility index (Phi) is 6.69. The van der Waals surface area contributed by atoms with E-state index in [0.29, 0.717) is 0 Å². The van der Waals surface area contributed by atoms with Crippen LogP contribution in [0.2, 0.25) is 0 Å². The van der Waals surface area contributed by atoms with E-state index in [9.17, 15) is 0 Å². The topological polar surface area (TPSA) is 22.2 Å². The molecule has 3 aliphatic rings. The van der Waals surface area contributed by atoms with E-state index in [1.54, 1.807) is 0 Å². The van der Waals surface area contributed by atoms with E-state index in [4.69, 9.17) is 4.99 Å². The minimum atomic E-state index is -0.561. The molecule has 8 aromatic carbocycles. The van der Waals surface area contributed by atoms with Crippen LogP contribution in [0.4, 0.5) is 0 Å². The lowest BCUT2D eigenvalue weighted by Crippen LogP contribution is -2.38. The molecule has 0 saturated carbocycles. The van der Waals surface area contributed by atoms with Crippen LogP contribution in [-0.2, 0) is 5.41 Å². The van der Waals surface area contributed by atoms with Gasteiger partial charge in [-0.2, -0.15) is 0 Å². The summed E-state index contributed by atoms with van der Waals surface area (Å²) in [6.45, 7) is 2.33. The third-order valence-corrected chi connectivity index (χ3v) is 14.6. The van der Waals surface area contributed by atoms with Crippen molar-refractivity contribution in [1.82, 2.24) is 9.13 Å². The second kappa shape index (κ2) is 12.0. The highest BCUT2D eigenvalue weighted by atomic mass is 32.2. The van der Waals surface area contributed by atoms with E-state index in [0.717, 1.165) is 17.7 Å². The Morgan fingerprint density at radius 2 is 1.19 bits per heavy atom. The van der Waals surface area contributed by atoms with Crippen LogP contribution in [-0.4, -0.2) is 14.8 Å². The molecule has 4 heteroatoms. The van der Waals surface area contributed by atoms with Crippen molar-refractivity contribution in [3.8, 4) is 5.69 Å². The summed E-state index contributed by atoms with van der Waals surface area (Å²) in [6.07, 6.45) is 0.818. The molecule has 1 spiro atoms. The van der Waals surface area contributed by atoms with Crippen LogP contribution >= 0.6 is 11.8 Å². The normalized spacial score (nSPS) is 18.9. The minimum absolute atomic E-state index is 0.151. The fourth-order valence-corrected chi connectivity index (χ4v) is 12.5. The lowest BCUT2D eigenvalue weighted by Gasteiger charge is -2.45. The van der Waals surface area contributed by atoms with Crippen molar-refractivity contribution in [2.75, 3.05) is 0 Å². The smallest absolute Gasteiger partial charge is 0.133 e. The molecule has 3 nitrogen and oxygen atoms in total. The van der Waals surface area contributed by atoms with Crippen molar-refractivity contribution in [2.24, 2.45) is 4.99 Å². The Hall–Kier alpha value is -6.62. The molecule has 0 fully saturated rings. The molecular formula is C54H37N3S. The summed E-state index contributed by atoms with van der Waals surface area (Å²) < 4.78 is 5.17. The monoisotopic (exact) mass is 759 g/mol. The predicted octanol–water partition coefficient (Wildman–Crippen LogP) is 13.6. The number of hydrogen-bond acceptors (Lipinski definition) is 2. The fourth-order valence-electron chi connectivity index (χ4n) is 11.1. The summed E-state index contributed by atoms with van der Waals surface area (Å²) >= 11 is 1.94. The summed E-state index contributed by atoms with van der Waals surface area (Å²) in [5.41, 5.74) is 15.9. The SMILES string of the molecule is CC[C@@H]1c2ccccc2C(c2ccccc2)=NC1n1c2ccccc2c2ccc3c(c21)Sc1ccccc1C31c2ccccc2-n2c3ccccc3c3cccc1c32. The zero-order valence-electron chi connectivity index (χ0n) is 31.9. The predicted molar refractivity (Wildman–Crippen MR) is 240 cm³/mol. The molecule has 10 aromatic rings. The second-order valence-corrected chi connectivity index (χ2v) is 17.1. The number of aliphatic imine (C=N–C) groups is 1. The number of aromatic nitrogens is 2. The minimum Gasteiger partial charge on any atom is -0.316 e. The van der Waals surface area contributed by atoms with E-state index in [1.807, 2.05) is 11.8 Å². The van der Waals surface area contributed by atoms with Crippen LogP contribution < -0.4 is 0 Å². The molecule has 0 saturated heterocycles. The van der Waals surface area contributed by atoms with E-state index >= 15 is 0 Å². The summed E-state index contributed by atoms with van der Waals surface area (Å²) in [4.78, 5) is 8.48. The maximum Gasteiger partial charge on any atom is 0.133 e. The summed E-state index contributed by atoms with van der Waals surface area (Å²) in [5.74, 6) is 0.188. The van der Waals surface area contributed by atoms with Crippen molar-refractivity contribution in [1.29, 1.82) is 0 Å². The first-order valence-electron chi connectivity index (χ1n) is 20.5. The van der Waals surface area contributed by atoms with Gasteiger partial charge < -0.3 is 9.13 Å². The van der Waals surface area contributed by atoms with Crippen LogP contribution in [0, 0.1) is 0 Å². The van der Waals surface area contributed by atoms with Crippen LogP contribution in [0.15, 0.2) is 197 Å². The third-order valence-electron chi connectivity index (χ3n) is 13.4. The van der Waals surface area contributed by atoms with Gasteiger partial charge in [0.25, 0.3) is 0 Å². The highest BCUT2D eigenvalue weighted by molar-refractivity contribution is 7.99. The Labute approximate surface area is 340 Å². The number of benzene rings is 8. The van der Waals surface area contributed by atoms with Gasteiger partial charge in [0.15, 0.2) is 0 Å². The zero-order valence-corrected chi connectivity index (χ0v) is 32.7. The summed E-state index contributed by atoms with van der Waals surface area (Å²) in [5, 5.41) is 5.13. The number of rotatable bonds is 3. The number of fused-ring (bicyclic) bond motifs is 16. The van der Waals surface area contributed by atoms with Gasteiger partial charge in [-0.1, -0.05) is 176 Å². The molecular weight excluding hydrogens is 723 g/mol. The molecule has 0 radical (unpaired) electrons. The standard InChI is InChI=1S/C54H37N3S/c1-2-34-35-19-6-7-22-38(35)49(33-17-4-3-5-18-33)55-53(34)57-46-28-13-9-21-37(46)40-31-32-44-52(51(40)57)58-48-30-15-11-25-42(48)54(44)41-24-10-14-29-47(41)56-45-27-12-8-20-36(45)39-23-16-26-43(54)50(39)56/h3-32,34,53H,2H2,1H3/t34-,53?,54?/m1/s1. The Balaban J connectivity index is 1.19. The van der Waals surface area contributed by atoms with Crippen molar-refractivity contribution in [3.63, 3.8) is 0 Å². The molecule has 13 rings (SSSR count). The van der Waals surface area contributed by atoms with Crippen molar-refractivity contribution in [3.05, 3.63) is 221 Å². The molecule has 0 N–H and O–H groups in total. The zero-order chi connectivity index (χ0) is 38.1. The first-order valence-corrected chi connectivity index (χ1v) is 21.3. The maximum atomic E-state index is 5.87. The average molecular weight is 760 g/mol. The quantitative estimate of drug-likeness (QED) is 0.176. The second-order valence-electron chi connectivity index (χ2n) is 16.0. The summed E-state index contributed by atoms with van der Waals surface area (Å²) in [6, 6.07) is 68.0. The van der Waals surface area contributed by atoms with E-state index < -0.39 is 5.41 Å². The number of para-hydroxylation sites is 4. The molecule has 274 valence electrons. The molecule has 5 heterocycles. The highest BCUT2D eigenvalue weighted by Gasteiger charge is 2.50. The van der Waals surface area contributed by atoms with Gasteiger partial charge in [-0.3, -0.25) is 4.99 Å². The maximum absolute atomic E-state index is 5.87. The molecule has 2 aromatic heterocycles. The Morgan fingerprint density at radius 1 is 0.534 bits per heavy atom. The molecule has 0 aliphatic carbocycles. The van der Waals surface area contributed by atoms with Gasteiger partial charge in [-0.25, -0.2) is 0 Å². The first-order chi connectivity index (χ1) is 28.8. The van der Waals surface area contributed by atoms with Gasteiger partial charge in [-0.15, -0.1) is 0 Å². The molecule has 3 atom stereocenters. The Morgan fingerprint density at radius 3 is 2.05 bits per heavy atom. The van der Waals surface area contributed by atoms with Crippen LogP contribution in [0.1, 0.15) is 64.4 Å². The van der Waals surface area contributed by atoms with Crippen molar-refractivity contribution in [2.45, 2.75) is 40.6 Å². The van der Waals surface area contributed by atoms with Crippen LogP contribution in [0.25, 0.3) is 49.3 Å². The lowest BCUT2D eigenvalue weighted by atomic mass is 9.62. The fraction of sp³-hybridized carbons (Fsp3) is 0.0926. The lowest BCUT2D eigenvalue weighted by molar-refractivity contribution is 0.429. The Bertz CT molecular complexity index is 3390. The van der Waals surface area contributed by atoms with E-state index in [2.05, 4.69) is 198 Å². The van der Waals surface area contributed by atoms with Crippen LogP contribution in [0.5, 0.6) is 0 Å². The molecule has 58 heavy (non-hydrogen) atoms. The van der Waals surface area contributed by atoms with Gasteiger partial charge in [0.1, 0.15) is 6.17 Å². The average Bonchev–Trinajstić information content (AvgIpc) is 3.81. The van der Waals surface area contributed by atoms with Gasteiger partial charge in [0, 0.05) is 48.4 Å². The van der Waals surface area contributed by atoms with Gasteiger partial charge >= 0.3 is 0 Å². The molecule has 2 unspecified atom stereocenters. The van der Waals surface area contributed by atoms with Gasteiger partial charge in [0.2, 0.25) is 0 Å².